The molecule has 5 aromatic carbocycles. The molecule has 2 heterocycles. The number of pyridine rings is 1. The average Bonchev–Trinajstić information content (AvgIpc) is 3.26. The lowest BCUT2D eigenvalue weighted by Crippen LogP contribution is -1.93. The van der Waals surface area contributed by atoms with Crippen molar-refractivity contribution < 1.29 is 0 Å². The van der Waals surface area contributed by atoms with E-state index in [4.69, 9.17) is 0 Å². The van der Waals surface area contributed by atoms with Crippen molar-refractivity contribution in [2.45, 2.75) is 0 Å². The third-order valence-electron chi connectivity index (χ3n) is 6.86. The molecule has 0 saturated heterocycles. The number of aromatic nitrogens is 2. The van der Waals surface area contributed by atoms with Gasteiger partial charge in [0, 0.05) is 34.4 Å². The molecule has 164 valence electrons. The molecule has 0 amide bonds. The van der Waals surface area contributed by atoms with E-state index in [1.165, 1.54) is 49.3 Å². The average molecular weight is 447 g/mol. The first kappa shape index (κ1) is 19.7. The molecule has 7 rings (SSSR count). The van der Waals surface area contributed by atoms with E-state index in [0.29, 0.717) is 0 Å². The minimum atomic E-state index is 1.12. The van der Waals surface area contributed by atoms with E-state index in [1.54, 1.807) is 0 Å². The summed E-state index contributed by atoms with van der Waals surface area (Å²) < 4.78 is 2.38. The standard InChI is InChI=1S/C33H22N2/c1-2-10-29(11-3-1)35-32-20-26(25-13-12-23-7-4-5-8-24(23)19-25)14-16-30(32)31-17-15-27(21-33(31)35)28-9-6-18-34-22-28/h1-22H. The summed E-state index contributed by atoms with van der Waals surface area (Å²) >= 11 is 0. The molecule has 0 N–H and O–H groups in total. The summed E-state index contributed by atoms with van der Waals surface area (Å²) in [4.78, 5) is 4.32. The second-order valence-corrected chi connectivity index (χ2v) is 8.94. The van der Waals surface area contributed by atoms with Gasteiger partial charge in [0.15, 0.2) is 0 Å². The van der Waals surface area contributed by atoms with Crippen LogP contribution in [0.4, 0.5) is 0 Å². The van der Waals surface area contributed by atoms with Gasteiger partial charge < -0.3 is 4.57 Å². The largest absolute Gasteiger partial charge is 0.309 e. The quantitative estimate of drug-likeness (QED) is 0.265. The molecular weight excluding hydrogens is 424 g/mol. The molecule has 0 unspecified atom stereocenters. The van der Waals surface area contributed by atoms with Gasteiger partial charge in [-0.2, -0.15) is 0 Å². The van der Waals surface area contributed by atoms with Crippen LogP contribution in [-0.4, -0.2) is 9.55 Å². The van der Waals surface area contributed by atoms with Crippen LogP contribution in [0.15, 0.2) is 134 Å². The molecule has 0 aliphatic heterocycles. The molecule has 0 aliphatic rings. The molecule has 2 nitrogen and oxygen atoms in total. The fourth-order valence-corrected chi connectivity index (χ4v) is 5.14. The molecule has 0 saturated carbocycles. The maximum absolute atomic E-state index is 4.32. The van der Waals surface area contributed by atoms with Gasteiger partial charge >= 0.3 is 0 Å². The molecule has 0 bridgehead atoms. The Bertz CT molecular complexity index is 1830. The van der Waals surface area contributed by atoms with Crippen LogP contribution < -0.4 is 0 Å². The van der Waals surface area contributed by atoms with Crippen LogP contribution in [0.5, 0.6) is 0 Å². The highest BCUT2D eigenvalue weighted by Gasteiger charge is 2.14. The van der Waals surface area contributed by atoms with Crippen molar-refractivity contribution in [3.8, 4) is 27.9 Å². The highest BCUT2D eigenvalue weighted by Crippen LogP contribution is 2.37. The molecule has 35 heavy (non-hydrogen) atoms. The van der Waals surface area contributed by atoms with Gasteiger partial charge in [0.1, 0.15) is 0 Å². The smallest absolute Gasteiger partial charge is 0.0547 e. The van der Waals surface area contributed by atoms with Crippen molar-refractivity contribution in [1.29, 1.82) is 0 Å². The zero-order valence-corrected chi connectivity index (χ0v) is 19.1. The van der Waals surface area contributed by atoms with Gasteiger partial charge in [-0.05, 0) is 63.9 Å². The van der Waals surface area contributed by atoms with Gasteiger partial charge in [0.2, 0.25) is 0 Å². The summed E-state index contributed by atoms with van der Waals surface area (Å²) in [6, 6.07) is 43.6. The fraction of sp³-hybridized carbons (Fsp3) is 0. The lowest BCUT2D eigenvalue weighted by atomic mass is 10.00. The van der Waals surface area contributed by atoms with E-state index < -0.39 is 0 Å². The van der Waals surface area contributed by atoms with Crippen molar-refractivity contribution in [3.63, 3.8) is 0 Å². The molecule has 7 aromatic rings. The molecular formula is C33H22N2. The van der Waals surface area contributed by atoms with Gasteiger partial charge in [0.05, 0.1) is 11.0 Å². The van der Waals surface area contributed by atoms with Crippen LogP contribution in [0.2, 0.25) is 0 Å². The van der Waals surface area contributed by atoms with E-state index in [-0.39, 0.29) is 0 Å². The zero-order valence-electron chi connectivity index (χ0n) is 19.1. The van der Waals surface area contributed by atoms with Gasteiger partial charge in [-0.3, -0.25) is 4.98 Å². The number of para-hydroxylation sites is 1. The minimum Gasteiger partial charge on any atom is -0.309 e. The van der Waals surface area contributed by atoms with Gasteiger partial charge in [0.25, 0.3) is 0 Å². The molecule has 2 aromatic heterocycles. The Balaban J connectivity index is 1.50. The van der Waals surface area contributed by atoms with Crippen molar-refractivity contribution in [2.75, 3.05) is 0 Å². The Morgan fingerprint density at radius 2 is 1.09 bits per heavy atom. The van der Waals surface area contributed by atoms with Crippen molar-refractivity contribution >= 4 is 32.6 Å². The molecule has 0 spiro atoms. The zero-order chi connectivity index (χ0) is 23.2. The third kappa shape index (κ3) is 3.31. The van der Waals surface area contributed by atoms with Gasteiger partial charge in [-0.1, -0.05) is 84.9 Å². The predicted molar refractivity (Wildman–Crippen MR) is 147 cm³/mol. The molecule has 0 aliphatic carbocycles. The number of rotatable bonds is 3. The monoisotopic (exact) mass is 446 g/mol. The number of hydrogen-bond acceptors (Lipinski definition) is 1. The van der Waals surface area contributed by atoms with Crippen LogP contribution in [0.3, 0.4) is 0 Å². The normalized spacial score (nSPS) is 11.4. The van der Waals surface area contributed by atoms with E-state index in [0.717, 1.165) is 11.3 Å². The van der Waals surface area contributed by atoms with Crippen molar-refractivity contribution in [1.82, 2.24) is 9.55 Å². The number of benzene rings is 5. The van der Waals surface area contributed by atoms with E-state index in [2.05, 4.69) is 125 Å². The summed E-state index contributed by atoms with van der Waals surface area (Å²) in [6.45, 7) is 0. The fourth-order valence-electron chi connectivity index (χ4n) is 5.14. The van der Waals surface area contributed by atoms with Gasteiger partial charge in [-0.25, -0.2) is 0 Å². The highest BCUT2D eigenvalue weighted by molar-refractivity contribution is 6.11. The lowest BCUT2D eigenvalue weighted by Gasteiger charge is -2.10. The van der Waals surface area contributed by atoms with Gasteiger partial charge in [-0.15, -0.1) is 0 Å². The first-order valence-corrected chi connectivity index (χ1v) is 11.9. The Kier molecular flexibility index (Phi) is 4.49. The maximum atomic E-state index is 4.32. The van der Waals surface area contributed by atoms with Crippen LogP contribution in [0.1, 0.15) is 0 Å². The second kappa shape index (κ2) is 7.96. The summed E-state index contributed by atoms with van der Waals surface area (Å²) in [5.41, 5.74) is 8.30. The first-order chi connectivity index (χ1) is 17.3. The summed E-state index contributed by atoms with van der Waals surface area (Å²) in [5.74, 6) is 0. The third-order valence-corrected chi connectivity index (χ3v) is 6.86. The van der Waals surface area contributed by atoms with Crippen LogP contribution in [-0.2, 0) is 0 Å². The summed E-state index contributed by atoms with van der Waals surface area (Å²) in [7, 11) is 0. The topological polar surface area (TPSA) is 17.8 Å². The van der Waals surface area contributed by atoms with E-state index in [9.17, 15) is 0 Å². The summed E-state index contributed by atoms with van der Waals surface area (Å²) in [5, 5.41) is 5.03. The van der Waals surface area contributed by atoms with Crippen molar-refractivity contribution in [3.05, 3.63) is 134 Å². The Hall–Kier alpha value is -4.69. The Morgan fingerprint density at radius 3 is 1.80 bits per heavy atom. The Labute approximate surface area is 203 Å². The van der Waals surface area contributed by atoms with Crippen molar-refractivity contribution in [2.24, 2.45) is 0 Å². The van der Waals surface area contributed by atoms with Crippen LogP contribution in [0, 0.1) is 0 Å². The number of hydrogen-bond donors (Lipinski definition) is 0. The Morgan fingerprint density at radius 1 is 0.457 bits per heavy atom. The maximum Gasteiger partial charge on any atom is 0.0547 e. The van der Waals surface area contributed by atoms with E-state index in [1.807, 2.05) is 18.5 Å². The highest BCUT2D eigenvalue weighted by atomic mass is 15.0. The number of nitrogens with zero attached hydrogens (tertiary/aromatic N) is 2. The molecule has 0 radical (unpaired) electrons. The molecule has 0 fully saturated rings. The van der Waals surface area contributed by atoms with Crippen LogP contribution in [0.25, 0.3) is 60.5 Å². The minimum absolute atomic E-state index is 1.12. The molecule has 2 heteroatoms. The second-order valence-electron chi connectivity index (χ2n) is 8.94. The number of fused-ring (bicyclic) bond motifs is 4. The first-order valence-electron chi connectivity index (χ1n) is 11.9. The predicted octanol–water partition coefficient (Wildman–Crippen LogP) is 8.67. The lowest BCUT2D eigenvalue weighted by molar-refractivity contribution is 1.18. The summed E-state index contributed by atoms with van der Waals surface area (Å²) in [6.07, 6.45) is 3.74. The van der Waals surface area contributed by atoms with Crippen LogP contribution >= 0.6 is 0 Å². The van der Waals surface area contributed by atoms with E-state index >= 15 is 0 Å². The molecule has 0 atom stereocenters. The SMILES string of the molecule is c1ccc(-n2c3cc(-c4cccnc4)ccc3c3ccc(-c4ccc5ccccc5c4)cc32)cc1.